The molecular formula is C63H60N3O3P3. The number of nitrogens with zero attached hydrogens (tertiary/aromatic N) is 3. The van der Waals surface area contributed by atoms with Gasteiger partial charge in [-0.05, 0) is 0 Å². The summed E-state index contributed by atoms with van der Waals surface area (Å²) in [7, 11) is 0. The molecule has 0 aliphatic carbocycles. The molecule has 0 N–H and O–H groups in total. The van der Waals surface area contributed by atoms with Crippen molar-refractivity contribution < 1.29 is 13.6 Å². The van der Waals surface area contributed by atoms with Gasteiger partial charge in [-0.1, -0.05) is 0 Å². The molecule has 0 heterocycles. The van der Waals surface area contributed by atoms with E-state index < -0.39 is 20.5 Å². The van der Waals surface area contributed by atoms with E-state index in [1.54, 1.807) is 0 Å². The third-order valence-corrected chi connectivity index (χ3v) is 31.8. The molecule has 0 atom stereocenters. The van der Waals surface area contributed by atoms with E-state index in [0.29, 0.717) is 0 Å². The van der Waals surface area contributed by atoms with Gasteiger partial charge in [0, 0.05) is 0 Å². The summed E-state index contributed by atoms with van der Waals surface area (Å²) in [4.78, 5) is 0. The molecule has 0 bridgehead atoms. The van der Waals surface area contributed by atoms with E-state index in [4.69, 9.17) is 13.6 Å². The van der Waals surface area contributed by atoms with E-state index in [2.05, 4.69) is 149 Å². The zero-order valence-electron chi connectivity index (χ0n) is 41.0. The quantitative estimate of drug-likeness (QED) is 0.0749. The van der Waals surface area contributed by atoms with Crippen molar-refractivity contribution in [1.29, 1.82) is 15.8 Å². The van der Waals surface area contributed by atoms with Crippen LogP contribution in [0.3, 0.4) is 0 Å². The number of nitriles is 3. The van der Waals surface area contributed by atoms with E-state index in [1.165, 1.54) is 0 Å². The normalized spacial score (nSPS) is 12.6. The zero-order chi connectivity index (χ0) is 50.7. The van der Waals surface area contributed by atoms with Crippen LogP contribution in [0, 0.1) is 34.6 Å². The molecule has 0 aliphatic heterocycles. The molecule has 360 valence electrons. The molecule has 0 unspecified atom stereocenters. The summed E-state index contributed by atoms with van der Waals surface area (Å²) in [6, 6.07) is 91.6. The van der Waals surface area contributed by atoms with Gasteiger partial charge in [-0.2, -0.15) is 0 Å². The van der Waals surface area contributed by atoms with Crippen molar-refractivity contribution in [2.24, 2.45) is 0 Å². The van der Waals surface area contributed by atoms with Crippen LogP contribution < -0.4 is 47.7 Å². The molecule has 0 aliphatic rings. The fourth-order valence-electron chi connectivity index (χ4n) is 10.6. The molecule has 6 nitrogen and oxygen atoms in total. The summed E-state index contributed by atoms with van der Waals surface area (Å²) in [5.74, 6) is 0. The van der Waals surface area contributed by atoms with Crippen molar-refractivity contribution in [2.75, 3.05) is 18.5 Å². The molecular weight excluding hydrogens is 940 g/mol. The number of rotatable bonds is 15. The summed E-state index contributed by atoms with van der Waals surface area (Å²) < 4.78 is 18.5. The first-order valence-electron chi connectivity index (χ1n) is 24.1. The van der Waals surface area contributed by atoms with E-state index in [-0.39, 0.29) is 0 Å². The fraction of sp³-hybridized carbons (Fsp3) is 0.0952. The van der Waals surface area contributed by atoms with Gasteiger partial charge in [0.05, 0.1) is 0 Å². The van der Waals surface area contributed by atoms with Crippen molar-refractivity contribution in [2.45, 2.75) is 20.8 Å². The first-order chi connectivity index (χ1) is 35.3. The number of hydrogen-bond acceptors (Lipinski definition) is 6. The summed E-state index contributed by atoms with van der Waals surface area (Å²) in [6.45, 7) is -3.61. The summed E-state index contributed by atoms with van der Waals surface area (Å²) >= 11 is 0. The second-order valence-electron chi connectivity index (χ2n) is 17.2. The van der Waals surface area contributed by atoms with Crippen LogP contribution in [0.4, 0.5) is 0 Å². The molecule has 72 heavy (non-hydrogen) atoms. The maximum atomic E-state index is 9.64. The maximum absolute atomic E-state index is 9.64. The Kier molecular flexibility index (Phi) is 16.5. The van der Waals surface area contributed by atoms with Gasteiger partial charge in [0.15, 0.2) is 0 Å². The van der Waals surface area contributed by atoms with Gasteiger partial charge in [-0.25, -0.2) is 0 Å². The molecule has 0 saturated carbocycles. The van der Waals surface area contributed by atoms with Crippen molar-refractivity contribution in [3.63, 3.8) is 0 Å². The first-order valence-corrected chi connectivity index (χ1v) is 31.1. The van der Waals surface area contributed by atoms with Crippen molar-refractivity contribution >= 4 is 68.2 Å². The van der Waals surface area contributed by atoms with Crippen LogP contribution in [0.1, 0.15) is 20.8 Å². The first kappa shape index (κ1) is 52.0. The number of hydrogen-bond donors (Lipinski definition) is 0. The van der Waals surface area contributed by atoms with E-state index in [0.717, 1.165) is 66.2 Å². The second kappa shape index (κ2) is 22.9. The third kappa shape index (κ3) is 8.73. The van der Waals surface area contributed by atoms with Crippen LogP contribution in [0.25, 0.3) is 0 Å². The molecule has 0 spiro atoms. The second-order valence-corrected chi connectivity index (χ2v) is 31.5. The van der Waals surface area contributed by atoms with Crippen LogP contribution in [0.5, 0.6) is 0 Å². The molecule has 9 heteroatoms. The van der Waals surface area contributed by atoms with Crippen molar-refractivity contribution in [3.05, 3.63) is 273 Å². The van der Waals surface area contributed by atoms with Gasteiger partial charge in [-0.15, -0.1) is 0 Å². The van der Waals surface area contributed by atoms with Crippen LogP contribution in [-0.4, -0.2) is 18.5 Å². The van der Waals surface area contributed by atoms with Crippen molar-refractivity contribution in [3.8, 4) is 18.8 Å². The van der Waals surface area contributed by atoms with Gasteiger partial charge >= 0.3 is 429 Å². The Morgan fingerprint density at radius 3 is 0.431 bits per heavy atom. The topological polar surface area (TPSA) is 99.1 Å². The fourth-order valence-corrected chi connectivity index (χ4v) is 25.7. The van der Waals surface area contributed by atoms with Gasteiger partial charge in [0.1, 0.15) is 0 Å². The predicted molar refractivity (Wildman–Crippen MR) is 307 cm³/mol. The van der Waals surface area contributed by atoms with Gasteiger partial charge in [0.25, 0.3) is 0 Å². The van der Waals surface area contributed by atoms with Crippen molar-refractivity contribution in [1.82, 2.24) is 0 Å². The Morgan fingerprint density at radius 2 is 0.347 bits per heavy atom. The monoisotopic (exact) mass is 999 g/mol. The average molecular weight is 1000 g/mol. The minimum atomic E-state index is -3.32. The van der Waals surface area contributed by atoms with Gasteiger partial charge in [0.2, 0.25) is 0 Å². The molecule has 9 aromatic rings. The molecule has 0 radical (unpaired) electrons. The van der Waals surface area contributed by atoms with Crippen LogP contribution >= 0.6 is 20.5 Å². The Hall–Kier alpha value is -7.86. The van der Waals surface area contributed by atoms with Crippen LogP contribution in [-0.2, 0) is 13.6 Å². The Bertz CT molecular complexity index is 2580. The summed E-state index contributed by atoms with van der Waals surface area (Å²) in [6.07, 6.45) is 8.32. The molecule has 0 aromatic heterocycles. The predicted octanol–water partition coefficient (Wildman–Crippen LogP) is 11.8. The average Bonchev–Trinajstić information content (AvgIpc) is 3.48. The van der Waals surface area contributed by atoms with E-state index in [9.17, 15) is 15.8 Å². The number of benzene rings is 9. The standard InChI is InChI=1S/3C21H20NOP/c3*1-2-24(23-18-22,19-12-6-3-7-13-19,20-14-8-4-9-15-20)21-16-10-5-11-17-21/h3*3-17H,2H2,1H3. The minimum absolute atomic E-state index is 0.719. The van der Waals surface area contributed by atoms with Crippen LogP contribution in [0.2, 0.25) is 0 Å². The van der Waals surface area contributed by atoms with Crippen LogP contribution in [0.15, 0.2) is 273 Å². The Labute approximate surface area is 426 Å². The Morgan fingerprint density at radius 1 is 0.236 bits per heavy atom. The Balaban J connectivity index is 0.000000158. The molecule has 0 saturated heterocycles. The molecule has 9 rings (SSSR count). The summed E-state index contributed by atoms with van der Waals surface area (Å²) in [5.41, 5.74) is 0. The SMILES string of the molecule is CCP(OC#N)(c1ccccc1)(c1ccccc1)c1ccccc1.CCP(OC#N)(c1ccccc1)(c1ccccc1)c1ccccc1.CCP(OC#N)(c1ccccc1)(c1ccccc1)c1ccccc1. The molecule has 0 fully saturated rings. The molecule has 0 amide bonds. The van der Waals surface area contributed by atoms with E-state index >= 15 is 0 Å². The van der Waals surface area contributed by atoms with E-state index in [1.807, 2.05) is 164 Å². The zero-order valence-corrected chi connectivity index (χ0v) is 43.7. The van der Waals surface area contributed by atoms with Gasteiger partial charge < -0.3 is 0 Å². The van der Waals surface area contributed by atoms with Gasteiger partial charge in [-0.3, -0.25) is 0 Å². The third-order valence-electron chi connectivity index (χ3n) is 14.3. The molecule has 9 aromatic carbocycles. The summed E-state index contributed by atoms with van der Waals surface area (Å²) in [5, 5.41) is 38.6.